The zero-order chi connectivity index (χ0) is 14.7. The van der Waals surface area contributed by atoms with E-state index in [1.807, 2.05) is 27.7 Å². The highest BCUT2D eigenvalue weighted by molar-refractivity contribution is 5.92. The lowest BCUT2D eigenvalue weighted by molar-refractivity contribution is 0.0722. The van der Waals surface area contributed by atoms with Crippen molar-refractivity contribution in [2.75, 3.05) is 6.54 Å². The molecular weight excluding hydrogens is 266 g/mol. The maximum Gasteiger partial charge on any atom is 0.274 e. The number of pyridine rings is 1. The SMILES string of the molecule is NCCn1cnc(C(=O)N(Cc2ccccn2)C2CC2)c1. The molecule has 2 N–H and O–H groups in total. The van der Waals surface area contributed by atoms with Crippen molar-refractivity contribution in [1.82, 2.24) is 19.4 Å². The molecule has 0 aromatic carbocycles. The third-order valence-corrected chi connectivity index (χ3v) is 3.55. The first-order valence-electron chi connectivity index (χ1n) is 7.20. The Balaban J connectivity index is 1.75. The Labute approximate surface area is 123 Å². The van der Waals surface area contributed by atoms with E-state index in [2.05, 4.69) is 9.97 Å². The number of rotatable bonds is 6. The van der Waals surface area contributed by atoms with Crippen LogP contribution in [0.15, 0.2) is 36.9 Å². The van der Waals surface area contributed by atoms with Crippen molar-refractivity contribution in [3.05, 3.63) is 48.3 Å². The first-order valence-corrected chi connectivity index (χ1v) is 7.20. The van der Waals surface area contributed by atoms with Crippen LogP contribution in [-0.4, -0.2) is 37.9 Å². The van der Waals surface area contributed by atoms with E-state index >= 15 is 0 Å². The van der Waals surface area contributed by atoms with Gasteiger partial charge in [-0.2, -0.15) is 0 Å². The van der Waals surface area contributed by atoms with Gasteiger partial charge in [-0.25, -0.2) is 4.98 Å². The van der Waals surface area contributed by atoms with Crippen molar-refractivity contribution in [3.63, 3.8) is 0 Å². The van der Waals surface area contributed by atoms with Gasteiger partial charge in [-0.05, 0) is 25.0 Å². The van der Waals surface area contributed by atoms with E-state index in [4.69, 9.17) is 5.73 Å². The lowest BCUT2D eigenvalue weighted by Crippen LogP contribution is -2.33. The molecule has 0 spiro atoms. The number of nitrogens with zero attached hydrogens (tertiary/aromatic N) is 4. The maximum absolute atomic E-state index is 12.6. The molecule has 1 fully saturated rings. The second-order valence-corrected chi connectivity index (χ2v) is 5.27. The molecule has 1 aliphatic carbocycles. The van der Waals surface area contributed by atoms with Gasteiger partial charge in [0.05, 0.1) is 18.6 Å². The molecule has 2 aromatic rings. The van der Waals surface area contributed by atoms with Gasteiger partial charge in [0.2, 0.25) is 0 Å². The third kappa shape index (κ3) is 3.28. The Kier molecular flexibility index (Phi) is 3.96. The van der Waals surface area contributed by atoms with Gasteiger partial charge in [-0.15, -0.1) is 0 Å². The Morgan fingerprint density at radius 2 is 2.24 bits per heavy atom. The summed E-state index contributed by atoms with van der Waals surface area (Å²) in [6, 6.07) is 6.07. The molecule has 0 saturated heterocycles. The molecule has 6 heteroatoms. The van der Waals surface area contributed by atoms with Crippen molar-refractivity contribution >= 4 is 5.91 Å². The summed E-state index contributed by atoms with van der Waals surface area (Å²) in [7, 11) is 0. The quantitative estimate of drug-likeness (QED) is 0.860. The van der Waals surface area contributed by atoms with Gasteiger partial charge in [0, 0.05) is 31.5 Å². The van der Waals surface area contributed by atoms with Crippen molar-refractivity contribution < 1.29 is 4.79 Å². The van der Waals surface area contributed by atoms with Crippen LogP contribution in [0, 0.1) is 0 Å². The van der Waals surface area contributed by atoms with Gasteiger partial charge < -0.3 is 15.2 Å². The molecule has 110 valence electrons. The molecule has 3 rings (SSSR count). The monoisotopic (exact) mass is 285 g/mol. The predicted octanol–water partition coefficient (Wildman–Crippen LogP) is 1.04. The van der Waals surface area contributed by atoms with E-state index in [0.29, 0.717) is 31.4 Å². The largest absolute Gasteiger partial charge is 0.335 e. The normalized spacial score (nSPS) is 14.1. The summed E-state index contributed by atoms with van der Waals surface area (Å²) in [5.41, 5.74) is 6.89. The van der Waals surface area contributed by atoms with Crippen LogP contribution in [0.3, 0.4) is 0 Å². The fourth-order valence-electron chi connectivity index (χ4n) is 2.31. The van der Waals surface area contributed by atoms with Crippen LogP contribution in [-0.2, 0) is 13.1 Å². The summed E-state index contributed by atoms with van der Waals surface area (Å²) >= 11 is 0. The van der Waals surface area contributed by atoms with E-state index in [9.17, 15) is 4.79 Å². The van der Waals surface area contributed by atoms with E-state index in [1.165, 1.54) is 0 Å². The zero-order valence-electron chi connectivity index (χ0n) is 11.9. The fraction of sp³-hybridized carbons (Fsp3) is 0.400. The van der Waals surface area contributed by atoms with E-state index in [-0.39, 0.29) is 5.91 Å². The number of hydrogen-bond acceptors (Lipinski definition) is 4. The topological polar surface area (TPSA) is 77.0 Å². The standard InChI is InChI=1S/C15H19N5O/c16-6-8-19-10-14(18-11-19)15(21)20(13-4-5-13)9-12-3-1-2-7-17-12/h1-3,7,10-11,13H,4-6,8-9,16H2. The molecule has 21 heavy (non-hydrogen) atoms. The van der Waals surface area contributed by atoms with Gasteiger partial charge >= 0.3 is 0 Å². The van der Waals surface area contributed by atoms with Crippen LogP contribution in [0.5, 0.6) is 0 Å². The first kappa shape index (κ1) is 13.8. The van der Waals surface area contributed by atoms with Crippen LogP contribution >= 0.6 is 0 Å². The van der Waals surface area contributed by atoms with Crippen LogP contribution in [0.1, 0.15) is 29.0 Å². The Morgan fingerprint density at radius 1 is 1.38 bits per heavy atom. The average molecular weight is 285 g/mol. The molecule has 0 unspecified atom stereocenters. The van der Waals surface area contributed by atoms with Crippen LogP contribution in [0.2, 0.25) is 0 Å². The molecular formula is C15H19N5O. The molecule has 0 atom stereocenters. The van der Waals surface area contributed by atoms with Crippen molar-refractivity contribution in [3.8, 4) is 0 Å². The summed E-state index contributed by atoms with van der Waals surface area (Å²) in [6.07, 6.45) is 7.29. The summed E-state index contributed by atoms with van der Waals surface area (Å²) in [4.78, 5) is 23.0. The average Bonchev–Trinajstić information content (AvgIpc) is 3.25. The first-order chi connectivity index (χ1) is 10.3. The predicted molar refractivity (Wildman–Crippen MR) is 78.4 cm³/mol. The Morgan fingerprint density at radius 3 is 2.90 bits per heavy atom. The van der Waals surface area contributed by atoms with Crippen LogP contribution < -0.4 is 5.73 Å². The number of carbonyl (C=O) groups is 1. The van der Waals surface area contributed by atoms with E-state index < -0.39 is 0 Å². The number of carbonyl (C=O) groups excluding carboxylic acids is 1. The number of nitrogens with two attached hydrogens (primary N) is 1. The second kappa shape index (κ2) is 6.05. The van der Waals surface area contributed by atoms with Gasteiger partial charge in [-0.3, -0.25) is 9.78 Å². The van der Waals surface area contributed by atoms with Gasteiger partial charge in [-0.1, -0.05) is 6.07 Å². The lowest BCUT2D eigenvalue weighted by Gasteiger charge is -2.21. The molecule has 6 nitrogen and oxygen atoms in total. The maximum atomic E-state index is 12.6. The van der Waals surface area contributed by atoms with Crippen molar-refractivity contribution in [2.45, 2.75) is 32.0 Å². The summed E-state index contributed by atoms with van der Waals surface area (Å²) in [5, 5.41) is 0. The molecule has 0 aliphatic heterocycles. The number of hydrogen-bond donors (Lipinski definition) is 1. The molecule has 1 amide bonds. The second-order valence-electron chi connectivity index (χ2n) is 5.27. The number of aromatic nitrogens is 3. The zero-order valence-corrected chi connectivity index (χ0v) is 11.9. The highest BCUT2D eigenvalue weighted by Crippen LogP contribution is 2.29. The minimum absolute atomic E-state index is 0.0288. The molecule has 2 aromatic heterocycles. The molecule has 2 heterocycles. The fourth-order valence-corrected chi connectivity index (χ4v) is 2.31. The minimum atomic E-state index is -0.0288. The smallest absolute Gasteiger partial charge is 0.274 e. The van der Waals surface area contributed by atoms with Crippen molar-refractivity contribution in [1.29, 1.82) is 0 Å². The van der Waals surface area contributed by atoms with Crippen LogP contribution in [0.25, 0.3) is 0 Å². The molecule has 1 aliphatic rings. The number of imidazole rings is 1. The summed E-state index contributed by atoms with van der Waals surface area (Å²) < 4.78 is 1.85. The van der Waals surface area contributed by atoms with E-state index in [1.54, 1.807) is 18.7 Å². The van der Waals surface area contributed by atoms with E-state index in [0.717, 1.165) is 18.5 Å². The summed E-state index contributed by atoms with van der Waals surface area (Å²) in [5.74, 6) is -0.0288. The van der Waals surface area contributed by atoms with Gasteiger partial charge in [0.1, 0.15) is 5.69 Å². The third-order valence-electron chi connectivity index (χ3n) is 3.55. The summed E-state index contributed by atoms with van der Waals surface area (Å²) in [6.45, 7) is 1.74. The van der Waals surface area contributed by atoms with Gasteiger partial charge in [0.25, 0.3) is 5.91 Å². The molecule has 0 bridgehead atoms. The Hall–Kier alpha value is -2.21. The Bertz CT molecular complexity index is 606. The highest BCUT2D eigenvalue weighted by Gasteiger charge is 2.34. The molecule has 1 saturated carbocycles. The van der Waals surface area contributed by atoms with Gasteiger partial charge in [0.15, 0.2) is 0 Å². The molecule has 0 radical (unpaired) electrons. The highest BCUT2D eigenvalue weighted by atomic mass is 16.2. The minimum Gasteiger partial charge on any atom is -0.335 e. The van der Waals surface area contributed by atoms with Crippen LogP contribution in [0.4, 0.5) is 0 Å². The number of amides is 1. The van der Waals surface area contributed by atoms with Crippen molar-refractivity contribution in [2.24, 2.45) is 5.73 Å². The lowest BCUT2D eigenvalue weighted by atomic mass is 10.3.